The summed E-state index contributed by atoms with van der Waals surface area (Å²) >= 11 is 6.77. The number of anilines is 1. The molecule has 0 aliphatic heterocycles. The van der Waals surface area contributed by atoms with Gasteiger partial charge < -0.3 is 16.0 Å². The number of nitrogens with one attached hydrogen (secondary N) is 1. The molecular formula is C14H21N3OS2. The largest absolute Gasteiger partial charge is 0.389 e. The monoisotopic (exact) mass is 311 g/mol. The molecule has 0 aliphatic rings. The number of carbonyl (C=O) groups excluding carboxylic acids is 1. The summed E-state index contributed by atoms with van der Waals surface area (Å²) < 4.78 is 0. The molecule has 110 valence electrons. The summed E-state index contributed by atoms with van der Waals surface area (Å²) in [6.07, 6.45) is 1.99. The highest BCUT2D eigenvalue weighted by Crippen LogP contribution is 2.29. The van der Waals surface area contributed by atoms with Gasteiger partial charge in [-0.15, -0.1) is 11.8 Å². The molecule has 0 atom stereocenters. The van der Waals surface area contributed by atoms with Crippen molar-refractivity contribution < 1.29 is 4.79 Å². The molecule has 0 radical (unpaired) electrons. The number of nitrogens with zero attached hydrogens (tertiary/aromatic N) is 1. The predicted molar refractivity (Wildman–Crippen MR) is 90.7 cm³/mol. The van der Waals surface area contributed by atoms with Crippen molar-refractivity contribution in [3.63, 3.8) is 0 Å². The summed E-state index contributed by atoms with van der Waals surface area (Å²) in [4.78, 5) is 15.2. The number of rotatable bonds is 7. The lowest BCUT2D eigenvalue weighted by atomic mass is 10.1. The normalized spacial score (nSPS) is 10.2. The third kappa shape index (κ3) is 4.11. The number of thiocarbonyl (C=S) groups is 1. The lowest BCUT2D eigenvalue weighted by Gasteiger charge is -2.26. The van der Waals surface area contributed by atoms with Crippen LogP contribution in [0.2, 0.25) is 0 Å². The molecule has 4 nitrogen and oxygen atoms in total. The average molecular weight is 311 g/mol. The molecule has 0 unspecified atom stereocenters. The predicted octanol–water partition coefficient (Wildman–Crippen LogP) is 2.01. The lowest BCUT2D eigenvalue weighted by molar-refractivity contribution is -0.119. The van der Waals surface area contributed by atoms with Gasteiger partial charge in [0, 0.05) is 29.2 Å². The topological polar surface area (TPSA) is 58.4 Å². The van der Waals surface area contributed by atoms with Crippen molar-refractivity contribution in [1.29, 1.82) is 0 Å². The maximum atomic E-state index is 11.8. The summed E-state index contributed by atoms with van der Waals surface area (Å²) in [5.74, 6) is -0.00204. The minimum Gasteiger partial charge on any atom is -0.389 e. The van der Waals surface area contributed by atoms with E-state index in [1.807, 2.05) is 43.2 Å². The van der Waals surface area contributed by atoms with Crippen molar-refractivity contribution in [3.05, 3.63) is 23.8 Å². The van der Waals surface area contributed by atoms with Crippen LogP contribution in [0, 0.1) is 0 Å². The minimum absolute atomic E-state index is 0.00204. The maximum absolute atomic E-state index is 11.8. The molecule has 0 saturated carbocycles. The third-order valence-electron chi connectivity index (χ3n) is 2.90. The molecule has 0 aliphatic carbocycles. The van der Waals surface area contributed by atoms with Crippen LogP contribution in [0.1, 0.15) is 19.4 Å². The van der Waals surface area contributed by atoms with Gasteiger partial charge in [0.1, 0.15) is 4.99 Å². The van der Waals surface area contributed by atoms with Crippen LogP contribution in [0.5, 0.6) is 0 Å². The zero-order valence-corrected chi connectivity index (χ0v) is 13.7. The first kappa shape index (κ1) is 16.8. The van der Waals surface area contributed by atoms with Crippen LogP contribution in [0.25, 0.3) is 0 Å². The highest BCUT2D eigenvalue weighted by atomic mass is 32.2. The Morgan fingerprint density at radius 3 is 2.65 bits per heavy atom. The summed E-state index contributed by atoms with van der Waals surface area (Å²) in [6, 6.07) is 5.91. The van der Waals surface area contributed by atoms with Crippen LogP contribution in [0.15, 0.2) is 23.1 Å². The van der Waals surface area contributed by atoms with Gasteiger partial charge in [-0.2, -0.15) is 0 Å². The Kier molecular flexibility index (Phi) is 6.81. The van der Waals surface area contributed by atoms with Gasteiger partial charge >= 0.3 is 0 Å². The van der Waals surface area contributed by atoms with Crippen LogP contribution in [-0.4, -0.2) is 36.8 Å². The van der Waals surface area contributed by atoms with Gasteiger partial charge in [0.2, 0.25) is 5.91 Å². The number of benzene rings is 1. The molecule has 0 bridgehead atoms. The highest BCUT2D eigenvalue weighted by Gasteiger charge is 2.17. The number of hydrogen-bond acceptors (Lipinski definition) is 4. The second kappa shape index (κ2) is 8.11. The van der Waals surface area contributed by atoms with E-state index in [-0.39, 0.29) is 5.91 Å². The first-order valence-electron chi connectivity index (χ1n) is 6.53. The van der Waals surface area contributed by atoms with Crippen molar-refractivity contribution in [1.82, 2.24) is 5.32 Å². The van der Waals surface area contributed by atoms with Crippen molar-refractivity contribution >= 4 is 40.6 Å². The molecule has 0 heterocycles. The Morgan fingerprint density at radius 1 is 1.45 bits per heavy atom. The van der Waals surface area contributed by atoms with Crippen LogP contribution < -0.4 is 16.0 Å². The first-order chi connectivity index (χ1) is 9.54. The van der Waals surface area contributed by atoms with E-state index >= 15 is 0 Å². The molecule has 1 aromatic carbocycles. The molecule has 0 saturated heterocycles. The Hall–Kier alpha value is -1.27. The SMILES string of the molecule is CCNC(=O)CN(CC)c1cccc(SC)c1C(N)=S. The highest BCUT2D eigenvalue weighted by molar-refractivity contribution is 7.98. The summed E-state index contributed by atoms with van der Waals surface area (Å²) in [7, 11) is 0. The van der Waals surface area contributed by atoms with Gasteiger partial charge in [-0.3, -0.25) is 4.79 Å². The zero-order chi connectivity index (χ0) is 15.1. The molecule has 3 N–H and O–H groups in total. The maximum Gasteiger partial charge on any atom is 0.239 e. The van der Waals surface area contributed by atoms with Crippen molar-refractivity contribution in [3.8, 4) is 0 Å². The van der Waals surface area contributed by atoms with E-state index in [2.05, 4.69) is 5.32 Å². The number of amides is 1. The first-order valence-corrected chi connectivity index (χ1v) is 8.16. The van der Waals surface area contributed by atoms with E-state index in [9.17, 15) is 4.79 Å². The van der Waals surface area contributed by atoms with Gasteiger partial charge in [-0.25, -0.2) is 0 Å². The molecule has 6 heteroatoms. The summed E-state index contributed by atoms with van der Waals surface area (Å²) in [5.41, 5.74) is 7.63. The molecule has 1 rings (SSSR count). The van der Waals surface area contributed by atoms with Gasteiger partial charge in [-0.1, -0.05) is 18.3 Å². The Morgan fingerprint density at radius 2 is 2.15 bits per heavy atom. The van der Waals surface area contributed by atoms with E-state index in [4.69, 9.17) is 18.0 Å². The van der Waals surface area contributed by atoms with Crippen molar-refractivity contribution in [2.45, 2.75) is 18.7 Å². The fraction of sp³-hybridized carbons (Fsp3) is 0.429. The quantitative estimate of drug-likeness (QED) is 0.596. The van der Waals surface area contributed by atoms with E-state index < -0.39 is 0 Å². The zero-order valence-electron chi connectivity index (χ0n) is 12.1. The fourth-order valence-corrected chi connectivity index (χ4v) is 2.91. The van der Waals surface area contributed by atoms with Gasteiger partial charge in [0.25, 0.3) is 0 Å². The van der Waals surface area contributed by atoms with Crippen LogP contribution in [0.3, 0.4) is 0 Å². The van der Waals surface area contributed by atoms with E-state index in [0.717, 1.165) is 16.1 Å². The lowest BCUT2D eigenvalue weighted by Crippen LogP contribution is -2.38. The number of likely N-dealkylation sites (N-methyl/N-ethyl adjacent to an activating group) is 2. The van der Waals surface area contributed by atoms with Crippen molar-refractivity contribution in [2.24, 2.45) is 5.73 Å². The molecule has 1 amide bonds. The minimum atomic E-state index is -0.00204. The Balaban J connectivity index is 3.14. The number of carbonyl (C=O) groups is 1. The van der Waals surface area contributed by atoms with E-state index in [1.165, 1.54) is 0 Å². The van der Waals surface area contributed by atoms with Gasteiger partial charge in [-0.05, 0) is 32.2 Å². The molecule has 0 aromatic heterocycles. The second-order valence-corrected chi connectivity index (χ2v) is 5.47. The van der Waals surface area contributed by atoms with Gasteiger partial charge in [0.15, 0.2) is 0 Å². The van der Waals surface area contributed by atoms with Gasteiger partial charge in [0.05, 0.1) is 6.54 Å². The molecule has 1 aromatic rings. The molecule has 0 spiro atoms. The van der Waals surface area contributed by atoms with E-state index in [0.29, 0.717) is 24.6 Å². The molecule has 0 fully saturated rings. The van der Waals surface area contributed by atoms with Crippen LogP contribution >= 0.6 is 24.0 Å². The van der Waals surface area contributed by atoms with Crippen LogP contribution in [-0.2, 0) is 4.79 Å². The Labute approximate surface area is 130 Å². The van der Waals surface area contributed by atoms with Crippen molar-refractivity contribution in [2.75, 3.05) is 30.8 Å². The summed E-state index contributed by atoms with van der Waals surface area (Å²) in [6.45, 7) is 5.56. The number of nitrogens with two attached hydrogens (primary N) is 1. The van der Waals surface area contributed by atoms with E-state index in [1.54, 1.807) is 11.8 Å². The number of hydrogen-bond donors (Lipinski definition) is 2. The summed E-state index contributed by atoms with van der Waals surface area (Å²) in [5, 5.41) is 2.81. The molecule has 20 heavy (non-hydrogen) atoms. The van der Waals surface area contributed by atoms with Crippen LogP contribution in [0.4, 0.5) is 5.69 Å². The Bertz CT molecular complexity index is 491. The molecular weight excluding hydrogens is 290 g/mol. The number of thioether (sulfide) groups is 1. The third-order valence-corrected chi connectivity index (χ3v) is 3.89. The smallest absolute Gasteiger partial charge is 0.239 e. The standard InChI is InChI=1S/C14H21N3OS2/c1-4-16-12(18)9-17(5-2)10-7-6-8-11(20-3)13(10)14(15)19/h6-8H,4-5,9H2,1-3H3,(H2,15,19)(H,16,18). The fourth-order valence-electron chi connectivity index (χ4n) is 1.99. The second-order valence-electron chi connectivity index (χ2n) is 4.19. The average Bonchev–Trinajstić information content (AvgIpc) is 2.44.